The fraction of sp³-hybridized carbons (Fsp3) is 0. The Bertz CT molecular complexity index is 663. The van der Waals surface area contributed by atoms with Crippen molar-refractivity contribution in [3.63, 3.8) is 0 Å². The van der Waals surface area contributed by atoms with Gasteiger partial charge in [-0.2, -0.15) is 4.98 Å². The number of aromatic carboxylic acids is 1. The number of hydrogen-bond donors (Lipinski definition) is 2. The summed E-state index contributed by atoms with van der Waals surface area (Å²) >= 11 is 0. The second kappa shape index (κ2) is 3.95. The molecule has 2 heterocycles. The van der Waals surface area contributed by atoms with Crippen molar-refractivity contribution >= 4 is 22.8 Å². The van der Waals surface area contributed by atoms with Crippen molar-refractivity contribution < 1.29 is 15.0 Å². The summed E-state index contributed by atoms with van der Waals surface area (Å²) in [6.07, 6.45) is 0. The van der Waals surface area contributed by atoms with Gasteiger partial charge in [-0.05, 0) is 22.8 Å². The van der Waals surface area contributed by atoms with E-state index in [0.717, 1.165) is 6.07 Å². The summed E-state index contributed by atoms with van der Waals surface area (Å²) in [5, 5.41) is 21.7. The number of pyridine rings is 2. The Morgan fingerprint density at radius 3 is 2.82 bits per heavy atom. The number of azide groups is 1. The van der Waals surface area contributed by atoms with E-state index in [9.17, 15) is 9.90 Å². The number of rotatable bonds is 2. The quantitative estimate of drug-likeness (QED) is 0.463. The van der Waals surface area contributed by atoms with E-state index in [1.165, 1.54) is 12.1 Å². The number of carboxylic acid groups (broad SMARTS) is 1. The van der Waals surface area contributed by atoms with Gasteiger partial charge in [0, 0.05) is 16.4 Å². The molecule has 0 aromatic carbocycles. The number of carboxylic acids is 1. The molecule has 2 aromatic rings. The van der Waals surface area contributed by atoms with E-state index in [0.29, 0.717) is 0 Å². The number of hydrogen-bond acceptors (Lipinski definition) is 5. The third kappa shape index (κ3) is 1.92. The van der Waals surface area contributed by atoms with Crippen LogP contribution in [-0.4, -0.2) is 26.2 Å². The van der Waals surface area contributed by atoms with Crippen LogP contribution in [0.1, 0.15) is 10.4 Å². The molecule has 0 amide bonds. The largest absolute Gasteiger partial charge is 0.493 e. The molecular weight excluding hydrogens is 226 g/mol. The van der Waals surface area contributed by atoms with Crippen molar-refractivity contribution in [2.45, 2.75) is 0 Å². The van der Waals surface area contributed by atoms with Crippen molar-refractivity contribution in [2.24, 2.45) is 5.11 Å². The molecule has 0 aliphatic carbocycles. The van der Waals surface area contributed by atoms with Crippen LogP contribution in [0.15, 0.2) is 23.3 Å². The van der Waals surface area contributed by atoms with Gasteiger partial charge in [-0.15, -0.1) is 0 Å². The minimum absolute atomic E-state index is 0.00676. The number of aromatic hydroxyl groups is 1. The summed E-state index contributed by atoms with van der Waals surface area (Å²) < 4.78 is 0. The molecule has 0 spiro atoms. The van der Waals surface area contributed by atoms with Gasteiger partial charge in [-0.1, -0.05) is 0 Å². The first-order valence-corrected chi connectivity index (χ1v) is 4.41. The number of carbonyl (C=O) groups is 1. The van der Waals surface area contributed by atoms with E-state index in [4.69, 9.17) is 10.6 Å². The van der Waals surface area contributed by atoms with Gasteiger partial charge in [0.25, 0.3) is 0 Å². The maximum Gasteiger partial charge on any atom is 0.336 e. The summed E-state index contributed by atoms with van der Waals surface area (Å²) in [5.74, 6) is -1.61. The van der Waals surface area contributed by atoms with Gasteiger partial charge in [0.05, 0.1) is 5.56 Å². The van der Waals surface area contributed by atoms with Gasteiger partial charge < -0.3 is 10.2 Å². The zero-order valence-electron chi connectivity index (χ0n) is 8.27. The van der Waals surface area contributed by atoms with Crippen molar-refractivity contribution in [3.05, 3.63) is 34.2 Å². The zero-order valence-corrected chi connectivity index (χ0v) is 8.27. The van der Waals surface area contributed by atoms with E-state index in [2.05, 4.69) is 20.0 Å². The van der Waals surface area contributed by atoms with Crippen LogP contribution >= 0.6 is 0 Å². The molecule has 0 unspecified atom stereocenters. The third-order valence-electron chi connectivity index (χ3n) is 2.02. The van der Waals surface area contributed by atoms with Gasteiger partial charge in [-0.3, -0.25) is 0 Å². The molecule has 0 saturated carbocycles. The fourth-order valence-electron chi connectivity index (χ4n) is 1.36. The minimum atomic E-state index is -1.20. The lowest BCUT2D eigenvalue weighted by Crippen LogP contribution is -1.99. The molecule has 8 heteroatoms. The maximum atomic E-state index is 10.9. The maximum absolute atomic E-state index is 10.9. The highest BCUT2D eigenvalue weighted by molar-refractivity contribution is 6.02. The molecule has 0 aliphatic heterocycles. The van der Waals surface area contributed by atoms with E-state index >= 15 is 0 Å². The molecule has 17 heavy (non-hydrogen) atoms. The summed E-state index contributed by atoms with van der Waals surface area (Å²) in [5.41, 5.74) is 8.13. The average molecular weight is 231 g/mol. The van der Waals surface area contributed by atoms with Gasteiger partial charge in [0.1, 0.15) is 5.82 Å². The lowest BCUT2D eigenvalue weighted by atomic mass is 10.1. The van der Waals surface area contributed by atoms with Crippen LogP contribution < -0.4 is 0 Å². The van der Waals surface area contributed by atoms with Crippen molar-refractivity contribution in [2.75, 3.05) is 0 Å². The Hall–Kier alpha value is -2.86. The number of fused-ring (bicyclic) bond motifs is 1. The number of aromatic nitrogens is 2. The molecule has 0 bridgehead atoms. The van der Waals surface area contributed by atoms with Gasteiger partial charge >= 0.3 is 5.97 Å². The van der Waals surface area contributed by atoms with Gasteiger partial charge in [0.15, 0.2) is 5.65 Å². The van der Waals surface area contributed by atoms with Crippen LogP contribution in [0.25, 0.3) is 21.5 Å². The molecule has 2 aromatic heterocycles. The highest BCUT2D eigenvalue weighted by atomic mass is 16.4. The van der Waals surface area contributed by atoms with E-state index in [1.807, 2.05) is 0 Å². The first-order chi connectivity index (χ1) is 8.11. The highest BCUT2D eigenvalue weighted by Gasteiger charge is 2.12. The summed E-state index contributed by atoms with van der Waals surface area (Å²) in [7, 11) is 0. The van der Waals surface area contributed by atoms with Gasteiger partial charge in [0.2, 0.25) is 5.88 Å². The molecular formula is C9H5N5O3. The van der Waals surface area contributed by atoms with Crippen LogP contribution in [0.2, 0.25) is 0 Å². The van der Waals surface area contributed by atoms with Crippen LogP contribution in [0.4, 0.5) is 5.82 Å². The van der Waals surface area contributed by atoms with E-state index < -0.39 is 11.8 Å². The Labute approximate surface area is 93.8 Å². The molecule has 0 saturated heterocycles. The normalized spacial score (nSPS) is 9.88. The molecule has 0 fully saturated rings. The predicted molar refractivity (Wildman–Crippen MR) is 57.0 cm³/mol. The number of nitrogens with zero attached hydrogens (tertiary/aromatic N) is 5. The average Bonchev–Trinajstić information content (AvgIpc) is 2.27. The van der Waals surface area contributed by atoms with Crippen LogP contribution in [0.3, 0.4) is 0 Å². The topological polar surface area (TPSA) is 132 Å². The lowest BCUT2D eigenvalue weighted by Gasteiger charge is -2.02. The smallest absolute Gasteiger partial charge is 0.336 e. The second-order valence-electron chi connectivity index (χ2n) is 3.06. The molecule has 84 valence electrons. The Morgan fingerprint density at radius 1 is 1.41 bits per heavy atom. The molecule has 2 rings (SSSR count). The molecule has 2 N–H and O–H groups in total. The Kier molecular flexibility index (Phi) is 2.48. The summed E-state index contributed by atoms with van der Waals surface area (Å²) in [4.78, 5) is 21.0. The predicted octanol–water partition coefficient (Wildman–Crippen LogP) is 1.98. The first kappa shape index (κ1) is 10.7. The Balaban J connectivity index is 2.79. The van der Waals surface area contributed by atoms with Crippen molar-refractivity contribution in [1.29, 1.82) is 0 Å². The fourth-order valence-corrected chi connectivity index (χ4v) is 1.36. The zero-order chi connectivity index (χ0) is 12.4. The second-order valence-corrected chi connectivity index (χ2v) is 3.06. The van der Waals surface area contributed by atoms with Crippen molar-refractivity contribution in [1.82, 2.24) is 9.97 Å². The van der Waals surface area contributed by atoms with Crippen LogP contribution in [0, 0.1) is 0 Å². The summed E-state index contributed by atoms with van der Waals surface area (Å²) in [6.45, 7) is 0. The minimum Gasteiger partial charge on any atom is -0.493 e. The SMILES string of the molecule is [N-]=[N+]=Nc1ccc2c(C(=O)O)cc(O)nc2n1. The highest BCUT2D eigenvalue weighted by Crippen LogP contribution is 2.22. The first-order valence-electron chi connectivity index (χ1n) is 4.41. The lowest BCUT2D eigenvalue weighted by molar-refractivity contribution is 0.0698. The Morgan fingerprint density at radius 2 is 2.18 bits per heavy atom. The van der Waals surface area contributed by atoms with E-state index in [-0.39, 0.29) is 22.4 Å². The van der Waals surface area contributed by atoms with Gasteiger partial charge in [-0.25, -0.2) is 9.78 Å². The van der Waals surface area contributed by atoms with Crippen LogP contribution in [0.5, 0.6) is 5.88 Å². The summed E-state index contributed by atoms with van der Waals surface area (Å²) in [6, 6.07) is 3.81. The van der Waals surface area contributed by atoms with Crippen LogP contribution in [-0.2, 0) is 0 Å². The molecule has 8 nitrogen and oxygen atoms in total. The standard InChI is InChI=1S/C9H5N5O3/c10-14-13-6-2-1-4-5(9(16)17)3-7(15)12-8(4)11-6/h1-3H,(H,16,17)(H,11,12,15). The molecule has 0 aliphatic rings. The monoisotopic (exact) mass is 231 g/mol. The van der Waals surface area contributed by atoms with Crippen molar-refractivity contribution in [3.8, 4) is 5.88 Å². The van der Waals surface area contributed by atoms with E-state index in [1.54, 1.807) is 0 Å². The molecule has 0 radical (unpaired) electrons. The third-order valence-corrected chi connectivity index (χ3v) is 2.02. The molecule has 0 atom stereocenters.